The van der Waals surface area contributed by atoms with Crippen molar-refractivity contribution in [3.8, 4) is 0 Å². The van der Waals surface area contributed by atoms with Crippen molar-refractivity contribution in [2.75, 3.05) is 0 Å². The van der Waals surface area contributed by atoms with Gasteiger partial charge >= 0.3 is 136 Å². The summed E-state index contributed by atoms with van der Waals surface area (Å²) in [7, 11) is 0. The van der Waals surface area contributed by atoms with Gasteiger partial charge in [0.2, 0.25) is 5.54 Å². The Morgan fingerprint density at radius 3 is 1.31 bits per heavy atom. The van der Waals surface area contributed by atoms with E-state index >= 15 is 0 Å². The summed E-state index contributed by atoms with van der Waals surface area (Å²) in [6.45, 7) is 40.8. The molecule has 0 radical (unpaired) electrons. The average molecular weight is 595 g/mol. The molecule has 2 rings (SSSR count). The van der Waals surface area contributed by atoms with Crippen LogP contribution in [0.3, 0.4) is 0 Å². The first kappa shape index (κ1) is 34.9. The first-order valence-corrected chi connectivity index (χ1v) is 16.1. The SMILES string of the molecule is CC(C)(C)c1cc(C(C)(C)C)c([P]=[Ru+])c(C(C)(C)C)c1.Cc1ccc(C(C)C)cc1.[C-]#[N+]C(C)(C)C. The Labute approximate surface area is 235 Å². The summed E-state index contributed by atoms with van der Waals surface area (Å²) >= 11 is 2.79. The minimum Gasteiger partial charge on any atom is -0.311 e. The smallest absolute Gasteiger partial charge is 0.224 e. The van der Waals surface area contributed by atoms with Gasteiger partial charge in [-0.2, -0.15) is 0 Å². The Balaban J connectivity index is 0.000000630. The number of benzene rings is 2. The van der Waals surface area contributed by atoms with E-state index in [0.29, 0.717) is 5.92 Å². The van der Waals surface area contributed by atoms with Gasteiger partial charge in [0.15, 0.2) is 0 Å². The Hall–Kier alpha value is -1.15. The topological polar surface area (TPSA) is 4.36 Å². The number of hydrogen-bond donors (Lipinski definition) is 0. The maximum Gasteiger partial charge on any atom is 0.224 e. The van der Waals surface area contributed by atoms with Gasteiger partial charge in [0.25, 0.3) is 0 Å². The third-order valence-electron chi connectivity index (χ3n) is 5.75. The number of nitrogens with zero attached hydrogens (tertiary/aromatic N) is 1. The number of aryl methyl sites for hydroxylation is 1. The Morgan fingerprint density at radius 2 is 1.08 bits per heavy atom. The van der Waals surface area contributed by atoms with Crippen molar-refractivity contribution in [3.05, 3.63) is 75.6 Å². The summed E-state index contributed by atoms with van der Waals surface area (Å²) in [5.41, 5.74) is 7.59. The summed E-state index contributed by atoms with van der Waals surface area (Å²) in [5, 5.41) is 1.49. The minimum absolute atomic E-state index is 0.167. The van der Waals surface area contributed by atoms with Crippen LogP contribution in [0.15, 0.2) is 36.4 Å². The van der Waals surface area contributed by atoms with Crippen molar-refractivity contribution >= 4 is 11.8 Å². The predicted octanol–water partition coefficient (Wildman–Crippen LogP) is 10.4. The maximum atomic E-state index is 6.48. The van der Waals surface area contributed by atoms with Crippen LogP contribution in [0, 0.1) is 13.5 Å². The van der Waals surface area contributed by atoms with Crippen molar-refractivity contribution < 1.29 is 17.3 Å². The fourth-order valence-electron chi connectivity index (χ4n) is 3.25. The second-order valence-corrected chi connectivity index (χ2v) is 15.9. The van der Waals surface area contributed by atoms with Crippen LogP contribution in [-0.2, 0) is 33.6 Å². The molecular weight excluding hydrogens is 542 g/mol. The monoisotopic (exact) mass is 595 g/mol. The van der Waals surface area contributed by atoms with Gasteiger partial charge in [0.1, 0.15) is 0 Å². The van der Waals surface area contributed by atoms with Gasteiger partial charge in [-0.3, -0.25) is 0 Å². The Morgan fingerprint density at radius 1 is 0.722 bits per heavy atom. The zero-order valence-electron chi connectivity index (χ0n) is 25.8. The van der Waals surface area contributed by atoms with Crippen LogP contribution in [0.25, 0.3) is 4.85 Å². The minimum atomic E-state index is -0.167. The van der Waals surface area contributed by atoms with E-state index in [1.54, 1.807) is 0 Å². The van der Waals surface area contributed by atoms with Crippen LogP contribution >= 0.6 is 6.46 Å². The molecule has 0 heterocycles. The Kier molecular flexibility index (Phi) is 13.2. The van der Waals surface area contributed by atoms with E-state index in [-0.39, 0.29) is 21.8 Å². The number of rotatable bonds is 2. The molecule has 0 saturated heterocycles. The van der Waals surface area contributed by atoms with Gasteiger partial charge in [0.05, 0.1) is 0 Å². The fourth-order valence-corrected chi connectivity index (χ4v) is 5.47. The van der Waals surface area contributed by atoms with Gasteiger partial charge < -0.3 is 4.85 Å². The molecule has 0 saturated carbocycles. The van der Waals surface area contributed by atoms with Gasteiger partial charge in [0, 0.05) is 20.8 Å². The van der Waals surface area contributed by atoms with E-state index in [2.05, 4.69) is 142 Å². The van der Waals surface area contributed by atoms with E-state index in [9.17, 15) is 0 Å². The molecule has 0 unspecified atom stereocenters. The van der Waals surface area contributed by atoms with Crippen molar-refractivity contribution in [2.45, 2.75) is 132 Å². The number of hydrogen-bond acceptors (Lipinski definition) is 0. The molecule has 0 atom stereocenters. The largest absolute Gasteiger partial charge is 0.311 e. The van der Waals surface area contributed by atoms with Gasteiger partial charge in [-0.1, -0.05) is 43.7 Å². The van der Waals surface area contributed by atoms with Gasteiger partial charge in [-0.15, -0.1) is 0 Å². The first-order valence-electron chi connectivity index (χ1n) is 13.0. The van der Waals surface area contributed by atoms with Crippen LogP contribution in [0.5, 0.6) is 0 Å². The van der Waals surface area contributed by atoms with Crippen LogP contribution in [0.4, 0.5) is 0 Å². The predicted molar refractivity (Wildman–Crippen MR) is 161 cm³/mol. The van der Waals surface area contributed by atoms with Crippen LogP contribution in [0.2, 0.25) is 0 Å². The van der Waals surface area contributed by atoms with Crippen molar-refractivity contribution in [2.24, 2.45) is 0 Å². The molecule has 0 spiro atoms. The van der Waals surface area contributed by atoms with E-state index in [4.69, 9.17) is 6.57 Å². The van der Waals surface area contributed by atoms with Crippen molar-refractivity contribution in [3.63, 3.8) is 0 Å². The summed E-state index contributed by atoms with van der Waals surface area (Å²) in [6.07, 6.45) is 0. The van der Waals surface area contributed by atoms with E-state index in [1.807, 2.05) is 20.8 Å². The molecule has 0 bridgehead atoms. The fraction of sp³-hybridized carbons (Fsp3) is 0.606. The van der Waals surface area contributed by atoms with Crippen LogP contribution in [0.1, 0.15) is 131 Å². The quantitative estimate of drug-likeness (QED) is 0.185. The van der Waals surface area contributed by atoms with E-state index in [1.165, 1.54) is 39.6 Å². The molecule has 0 aliphatic carbocycles. The van der Waals surface area contributed by atoms with Gasteiger partial charge in [-0.25, -0.2) is 6.57 Å². The molecule has 201 valence electrons. The summed E-state index contributed by atoms with van der Waals surface area (Å²) in [5.74, 6) is 0.653. The third-order valence-corrected chi connectivity index (χ3v) is 7.56. The average Bonchev–Trinajstić information content (AvgIpc) is 2.71. The molecule has 0 amide bonds. The summed E-state index contributed by atoms with van der Waals surface area (Å²) < 4.78 is 0. The van der Waals surface area contributed by atoms with E-state index < -0.39 is 0 Å². The second-order valence-electron chi connectivity index (χ2n) is 14.1. The molecule has 0 fully saturated rings. The molecule has 2 aromatic carbocycles. The molecule has 36 heavy (non-hydrogen) atoms. The third kappa shape index (κ3) is 12.4. The summed E-state index contributed by atoms with van der Waals surface area (Å²) in [4.78, 5) is 3.27. The zero-order chi connectivity index (χ0) is 28.7. The standard InChI is InChI=1S/C18H29P.C10H14.C5H9N.Ru/c1-16(2,3)12-10-13(17(4,5)6)15(19)14(11-12)18(7,8)9;1-8(2)10-6-4-9(3)5-7-10;1-5(2,3)6-4;/h10-11H,1-9H3;4-8H,1-3H3;1-3H3;/q;;;+1. The first-order chi connectivity index (χ1) is 16.0. The maximum absolute atomic E-state index is 6.48. The molecule has 0 aliphatic rings. The molecule has 0 aliphatic heterocycles. The molecule has 3 heteroatoms. The van der Waals surface area contributed by atoms with Crippen LogP contribution < -0.4 is 5.30 Å². The molecule has 2 aromatic rings. The normalized spacial score (nSPS) is 12.3. The summed E-state index contributed by atoms with van der Waals surface area (Å²) in [6, 6.07) is 13.6. The second kappa shape index (κ2) is 13.6. The van der Waals surface area contributed by atoms with E-state index in [0.717, 1.165) is 0 Å². The van der Waals surface area contributed by atoms with Crippen LogP contribution in [-0.4, -0.2) is 5.54 Å². The zero-order valence-corrected chi connectivity index (χ0v) is 28.4. The molecule has 0 N–H and O–H groups in total. The molecule has 1 nitrogen and oxygen atoms in total. The van der Waals surface area contributed by atoms with Crippen molar-refractivity contribution in [1.82, 2.24) is 0 Å². The molecular formula is C33H52NPRu+. The Bertz CT molecular complexity index is 977. The van der Waals surface area contributed by atoms with Gasteiger partial charge in [-0.05, 0) is 18.4 Å². The molecule has 0 aromatic heterocycles. The van der Waals surface area contributed by atoms with Crippen molar-refractivity contribution in [1.29, 1.82) is 0 Å².